The second-order valence-electron chi connectivity index (χ2n) is 5.93. The molecule has 3 rings (SSSR count). The van der Waals surface area contributed by atoms with Crippen LogP contribution in [0.4, 0.5) is 19.3 Å². The largest absolute Gasteiger partial charge is 0.350 e. The summed E-state index contributed by atoms with van der Waals surface area (Å²) in [6, 6.07) is 5.16. The molecule has 0 aromatic heterocycles. The van der Waals surface area contributed by atoms with E-state index in [4.69, 9.17) is 23.2 Å². The van der Waals surface area contributed by atoms with E-state index in [9.17, 15) is 13.6 Å². The van der Waals surface area contributed by atoms with Crippen LogP contribution in [0.15, 0.2) is 24.3 Å². The summed E-state index contributed by atoms with van der Waals surface area (Å²) in [5.41, 5.74) is 3.54. The Hall–Kier alpha value is -0.760. The first-order valence-corrected chi connectivity index (χ1v) is 9.29. The molecule has 0 spiro atoms. The summed E-state index contributed by atoms with van der Waals surface area (Å²) in [6.07, 6.45) is 4.92. The third-order valence-electron chi connectivity index (χ3n) is 4.30. The Morgan fingerprint density at radius 3 is 2.38 bits per heavy atom. The highest BCUT2D eigenvalue weighted by atomic mass is 35.5. The van der Waals surface area contributed by atoms with Crippen LogP contribution in [0.2, 0.25) is 0 Å². The molecule has 24 heavy (non-hydrogen) atoms. The van der Waals surface area contributed by atoms with Crippen molar-refractivity contribution >= 4 is 46.9 Å². The summed E-state index contributed by atoms with van der Waals surface area (Å²) in [4.78, 5) is 14.2. The number of carbonyl (C=O) groups excluding carboxylic acids is 1. The fourth-order valence-corrected chi connectivity index (χ4v) is 4.21. The lowest BCUT2D eigenvalue weighted by molar-refractivity contribution is 0.233. The van der Waals surface area contributed by atoms with E-state index >= 15 is 0 Å². The number of hydrazine groups is 1. The standard InChI is InChI=1S/C15H17Cl2F2N3OS/c16-15(17,19)24-22-14(23)21(12-8-6-11(18)7-9-12)13(20-22)10-4-2-1-3-5-10/h6-10,13,20H,1-5H2. The molecule has 0 bridgehead atoms. The number of rotatable bonds is 4. The van der Waals surface area contributed by atoms with E-state index in [-0.39, 0.29) is 17.9 Å². The summed E-state index contributed by atoms with van der Waals surface area (Å²) >= 11 is 11.1. The van der Waals surface area contributed by atoms with Gasteiger partial charge in [0, 0.05) is 17.6 Å². The summed E-state index contributed by atoms with van der Waals surface area (Å²) in [5.74, 6) is -0.166. The molecule has 1 aromatic carbocycles. The number of carbonyl (C=O) groups is 1. The van der Waals surface area contributed by atoms with Gasteiger partial charge in [-0.1, -0.05) is 42.5 Å². The second-order valence-corrected chi connectivity index (χ2v) is 8.73. The Morgan fingerprint density at radius 2 is 1.79 bits per heavy atom. The van der Waals surface area contributed by atoms with Crippen LogP contribution < -0.4 is 10.3 Å². The molecule has 4 nitrogen and oxygen atoms in total. The highest BCUT2D eigenvalue weighted by molar-refractivity contribution is 8.01. The monoisotopic (exact) mass is 395 g/mol. The molecule has 1 unspecified atom stereocenters. The first kappa shape index (κ1) is 18.0. The number of nitrogens with zero attached hydrogens (tertiary/aromatic N) is 2. The number of amides is 2. The van der Waals surface area contributed by atoms with Crippen LogP contribution in [0.3, 0.4) is 0 Å². The Bertz CT molecular complexity index is 593. The van der Waals surface area contributed by atoms with Gasteiger partial charge in [0.05, 0.1) is 0 Å². The van der Waals surface area contributed by atoms with Gasteiger partial charge in [-0.2, -0.15) is 14.2 Å². The Labute approximate surface area is 153 Å². The molecule has 132 valence electrons. The van der Waals surface area contributed by atoms with Crippen molar-refractivity contribution in [1.29, 1.82) is 0 Å². The number of nitrogens with one attached hydrogen (secondary N) is 1. The minimum Gasteiger partial charge on any atom is -0.275 e. The number of halogens is 4. The SMILES string of the molecule is O=C1N(SC(F)(Cl)Cl)NC(C2CCCCC2)N1c1ccc(F)cc1. The lowest BCUT2D eigenvalue weighted by atomic mass is 9.86. The van der Waals surface area contributed by atoms with Gasteiger partial charge in [-0.15, -0.1) is 0 Å². The zero-order valence-electron chi connectivity index (χ0n) is 12.7. The van der Waals surface area contributed by atoms with E-state index in [1.54, 1.807) is 0 Å². The molecule has 1 aromatic rings. The quantitative estimate of drug-likeness (QED) is 0.562. The predicted octanol–water partition coefficient (Wildman–Crippen LogP) is 5.19. The van der Waals surface area contributed by atoms with Crippen molar-refractivity contribution < 1.29 is 13.6 Å². The maximum absolute atomic E-state index is 13.6. The van der Waals surface area contributed by atoms with Crippen LogP contribution in [0.25, 0.3) is 0 Å². The Balaban J connectivity index is 1.87. The average Bonchev–Trinajstić information content (AvgIpc) is 2.84. The minimum absolute atomic E-state index is 0.220. The molecule has 9 heteroatoms. The number of urea groups is 1. The molecule has 1 aliphatic heterocycles. The van der Waals surface area contributed by atoms with Crippen molar-refractivity contribution in [3.63, 3.8) is 0 Å². The van der Waals surface area contributed by atoms with Gasteiger partial charge < -0.3 is 0 Å². The maximum atomic E-state index is 13.6. The van der Waals surface area contributed by atoms with Crippen LogP contribution >= 0.6 is 35.1 Å². The van der Waals surface area contributed by atoms with Crippen molar-refractivity contribution in [3.05, 3.63) is 30.1 Å². The zero-order valence-corrected chi connectivity index (χ0v) is 15.1. The van der Waals surface area contributed by atoms with E-state index in [0.29, 0.717) is 17.6 Å². The number of hydrogen-bond acceptors (Lipinski definition) is 3. The lowest BCUT2D eigenvalue weighted by Gasteiger charge is -2.32. The molecular weight excluding hydrogens is 379 g/mol. The van der Waals surface area contributed by atoms with Gasteiger partial charge in [-0.05, 0) is 43.0 Å². The number of alkyl halides is 3. The fourth-order valence-electron chi connectivity index (χ4n) is 3.26. The third kappa shape index (κ3) is 4.07. The summed E-state index contributed by atoms with van der Waals surface area (Å²) in [6.45, 7) is 0. The topological polar surface area (TPSA) is 35.6 Å². The molecule has 1 atom stereocenters. The molecule has 1 N–H and O–H groups in total. The van der Waals surface area contributed by atoms with E-state index in [1.165, 1.54) is 35.6 Å². The van der Waals surface area contributed by atoms with Crippen molar-refractivity contribution in [2.75, 3.05) is 4.90 Å². The van der Waals surface area contributed by atoms with Gasteiger partial charge >= 0.3 is 9.95 Å². The molecule has 0 radical (unpaired) electrons. The highest BCUT2D eigenvalue weighted by Crippen LogP contribution is 2.42. The highest BCUT2D eigenvalue weighted by Gasteiger charge is 2.45. The van der Waals surface area contributed by atoms with Gasteiger partial charge in [0.2, 0.25) is 0 Å². The summed E-state index contributed by atoms with van der Waals surface area (Å²) < 4.78 is 25.2. The predicted molar refractivity (Wildman–Crippen MR) is 92.7 cm³/mol. The van der Waals surface area contributed by atoms with E-state index in [1.807, 2.05) is 0 Å². The number of hydrogen-bond donors (Lipinski definition) is 1. The van der Waals surface area contributed by atoms with Gasteiger partial charge in [0.1, 0.15) is 12.0 Å². The van der Waals surface area contributed by atoms with Gasteiger partial charge in [0.25, 0.3) is 0 Å². The van der Waals surface area contributed by atoms with Gasteiger partial charge in [0.15, 0.2) is 0 Å². The fraction of sp³-hybridized carbons (Fsp3) is 0.533. The smallest absolute Gasteiger partial charge is 0.275 e. The molecule has 1 heterocycles. The molecule has 1 saturated carbocycles. The van der Waals surface area contributed by atoms with Crippen LogP contribution in [-0.2, 0) is 0 Å². The molecule has 2 amide bonds. The van der Waals surface area contributed by atoms with Crippen molar-refractivity contribution in [2.24, 2.45) is 5.92 Å². The maximum Gasteiger partial charge on any atom is 0.350 e. The first-order valence-electron chi connectivity index (χ1n) is 7.76. The normalized spacial score (nSPS) is 23.2. The zero-order chi connectivity index (χ0) is 17.3. The van der Waals surface area contributed by atoms with Gasteiger partial charge in [-0.3, -0.25) is 4.90 Å². The third-order valence-corrected chi connectivity index (χ3v) is 5.37. The van der Waals surface area contributed by atoms with E-state index in [0.717, 1.165) is 30.1 Å². The number of benzene rings is 1. The van der Waals surface area contributed by atoms with Crippen molar-refractivity contribution in [2.45, 2.75) is 42.2 Å². The number of anilines is 1. The Kier molecular flexibility index (Phi) is 5.44. The van der Waals surface area contributed by atoms with Crippen LogP contribution in [0.5, 0.6) is 0 Å². The summed E-state index contributed by atoms with van der Waals surface area (Å²) in [5, 5.41) is 0. The van der Waals surface area contributed by atoms with E-state index < -0.39 is 9.95 Å². The summed E-state index contributed by atoms with van der Waals surface area (Å²) in [7, 11) is 0. The van der Waals surface area contributed by atoms with Crippen molar-refractivity contribution in [1.82, 2.24) is 9.84 Å². The molecular formula is C15H17Cl2F2N3OS. The minimum atomic E-state index is -2.63. The van der Waals surface area contributed by atoms with Crippen LogP contribution in [0.1, 0.15) is 32.1 Å². The Morgan fingerprint density at radius 1 is 1.17 bits per heavy atom. The molecule has 2 aliphatic rings. The van der Waals surface area contributed by atoms with Crippen LogP contribution in [0, 0.1) is 11.7 Å². The van der Waals surface area contributed by atoms with E-state index in [2.05, 4.69) is 5.43 Å². The second kappa shape index (κ2) is 7.23. The lowest BCUT2D eigenvalue weighted by Crippen LogP contribution is -2.44. The molecule has 2 fully saturated rings. The van der Waals surface area contributed by atoms with Gasteiger partial charge in [-0.25, -0.2) is 9.18 Å². The van der Waals surface area contributed by atoms with Crippen LogP contribution in [-0.4, -0.2) is 20.5 Å². The molecule has 1 saturated heterocycles. The van der Waals surface area contributed by atoms with Crippen molar-refractivity contribution in [3.8, 4) is 0 Å². The molecule has 1 aliphatic carbocycles. The first-order chi connectivity index (χ1) is 11.3. The average molecular weight is 396 g/mol.